The van der Waals surface area contributed by atoms with Gasteiger partial charge in [0, 0.05) is 0 Å². The van der Waals surface area contributed by atoms with E-state index in [0.29, 0.717) is 5.57 Å². The molecule has 0 fully saturated rings. The summed E-state index contributed by atoms with van der Waals surface area (Å²) in [4.78, 5) is 12.2. The quantitative estimate of drug-likeness (QED) is 0.645. The fourth-order valence-electron chi connectivity index (χ4n) is 2.72. The summed E-state index contributed by atoms with van der Waals surface area (Å²) in [6.07, 6.45) is 1.80. The summed E-state index contributed by atoms with van der Waals surface area (Å²) in [5.41, 5.74) is 1.65. The molecule has 1 aromatic carbocycles. The molecule has 0 aromatic heterocycles. The number of aliphatic hydroxyl groups excluding tert-OH is 1. The predicted octanol–water partition coefficient (Wildman–Crippen LogP) is 3.33. The van der Waals surface area contributed by atoms with Crippen LogP contribution < -0.4 is 0 Å². The van der Waals surface area contributed by atoms with Gasteiger partial charge < -0.3 is 9.84 Å². The van der Waals surface area contributed by atoms with Crippen molar-refractivity contribution in [3.8, 4) is 0 Å². The average molecular weight is 290 g/mol. The van der Waals surface area contributed by atoms with Crippen LogP contribution in [-0.2, 0) is 14.9 Å². The van der Waals surface area contributed by atoms with Gasteiger partial charge in [0.15, 0.2) is 0 Å². The molecule has 0 saturated carbocycles. The molecule has 3 nitrogen and oxygen atoms in total. The van der Waals surface area contributed by atoms with Crippen LogP contribution in [0, 0.1) is 11.8 Å². The lowest BCUT2D eigenvalue weighted by atomic mass is 9.67. The van der Waals surface area contributed by atoms with E-state index in [4.69, 9.17) is 4.74 Å². The third-order valence-electron chi connectivity index (χ3n) is 4.56. The molecule has 0 spiro atoms. The second kappa shape index (κ2) is 7.41. The first-order chi connectivity index (χ1) is 9.89. The van der Waals surface area contributed by atoms with Crippen molar-refractivity contribution >= 4 is 5.97 Å². The molecule has 0 radical (unpaired) electrons. The highest BCUT2D eigenvalue weighted by atomic mass is 16.5. The molecule has 2 unspecified atom stereocenters. The van der Waals surface area contributed by atoms with Crippen LogP contribution in [0.25, 0.3) is 0 Å². The molecule has 2 atom stereocenters. The van der Waals surface area contributed by atoms with Crippen LogP contribution >= 0.6 is 0 Å². The summed E-state index contributed by atoms with van der Waals surface area (Å²) in [6, 6.07) is 10.1. The van der Waals surface area contributed by atoms with Gasteiger partial charge in [-0.15, -0.1) is 0 Å². The number of hydrogen-bond donors (Lipinski definition) is 1. The third-order valence-corrected chi connectivity index (χ3v) is 4.56. The molecule has 1 aromatic rings. The third kappa shape index (κ3) is 3.73. The lowest BCUT2D eigenvalue weighted by molar-refractivity contribution is -0.146. The number of esters is 1. The Bertz CT molecular complexity index is 488. The number of benzene rings is 1. The van der Waals surface area contributed by atoms with Crippen LogP contribution in [0.1, 0.15) is 33.3 Å². The minimum atomic E-state index is -0.444. The number of carbonyl (C=O) groups is 1. The molecule has 0 bridgehead atoms. The van der Waals surface area contributed by atoms with Gasteiger partial charge >= 0.3 is 5.97 Å². The topological polar surface area (TPSA) is 46.5 Å². The smallest absolute Gasteiger partial charge is 0.313 e. The molecule has 1 rings (SSSR count). The Labute approximate surface area is 127 Å². The molecule has 116 valence electrons. The number of ether oxygens (including phenoxy) is 1. The number of aliphatic hydroxyl groups is 1. The fraction of sp³-hybridized carbons (Fsp3) is 0.500. The maximum absolute atomic E-state index is 12.2. The summed E-state index contributed by atoms with van der Waals surface area (Å²) in [6.45, 7) is 7.98. The molecule has 3 heteroatoms. The van der Waals surface area contributed by atoms with E-state index in [9.17, 15) is 9.90 Å². The number of hydrogen-bond acceptors (Lipinski definition) is 3. The van der Waals surface area contributed by atoms with Crippen LogP contribution in [-0.4, -0.2) is 24.8 Å². The van der Waals surface area contributed by atoms with Crippen molar-refractivity contribution in [2.24, 2.45) is 11.8 Å². The molecule has 0 aliphatic rings. The standard InChI is InChI=1S/C18H26O3/c1-6-14(12-19)16(17(20)21-5)13(2)18(3,4)15-10-8-7-9-11-15/h6-11,13,16,19H,12H2,1-5H3. The average Bonchev–Trinajstić information content (AvgIpc) is 2.51. The van der Waals surface area contributed by atoms with Crippen LogP contribution in [0.5, 0.6) is 0 Å². The van der Waals surface area contributed by atoms with Crippen LogP contribution in [0.3, 0.4) is 0 Å². The van der Waals surface area contributed by atoms with Gasteiger partial charge in [-0.3, -0.25) is 4.79 Å². The largest absolute Gasteiger partial charge is 0.469 e. The lowest BCUT2D eigenvalue weighted by Crippen LogP contribution is -2.38. The Hall–Kier alpha value is -1.61. The van der Waals surface area contributed by atoms with Crippen molar-refractivity contribution in [1.82, 2.24) is 0 Å². The van der Waals surface area contributed by atoms with E-state index in [1.807, 2.05) is 32.0 Å². The Morgan fingerprint density at radius 2 is 1.90 bits per heavy atom. The number of carbonyl (C=O) groups excluding carboxylic acids is 1. The van der Waals surface area contributed by atoms with E-state index < -0.39 is 5.92 Å². The van der Waals surface area contributed by atoms with E-state index in [1.54, 1.807) is 6.08 Å². The van der Waals surface area contributed by atoms with Gasteiger partial charge in [-0.1, -0.05) is 57.2 Å². The number of methoxy groups -OCH3 is 1. The highest BCUT2D eigenvalue weighted by Crippen LogP contribution is 2.39. The molecule has 21 heavy (non-hydrogen) atoms. The Morgan fingerprint density at radius 3 is 2.33 bits per heavy atom. The predicted molar refractivity (Wildman–Crippen MR) is 85.0 cm³/mol. The Kier molecular flexibility index (Phi) is 6.16. The van der Waals surface area contributed by atoms with Crippen molar-refractivity contribution in [2.75, 3.05) is 13.7 Å². The van der Waals surface area contributed by atoms with Crippen LogP contribution in [0.15, 0.2) is 42.0 Å². The first kappa shape index (κ1) is 17.4. The Morgan fingerprint density at radius 1 is 1.33 bits per heavy atom. The maximum atomic E-state index is 12.2. The molecule has 1 N–H and O–H groups in total. The van der Waals surface area contributed by atoms with Crippen molar-refractivity contribution in [2.45, 2.75) is 33.1 Å². The molecular weight excluding hydrogens is 264 g/mol. The van der Waals surface area contributed by atoms with Crippen LogP contribution in [0.2, 0.25) is 0 Å². The van der Waals surface area contributed by atoms with Gasteiger partial charge in [-0.2, -0.15) is 0 Å². The van der Waals surface area contributed by atoms with Gasteiger partial charge in [0.25, 0.3) is 0 Å². The summed E-state index contributed by atoms with van der Waals surface area (Å²) in [5, 5.41) is 9.55. The molecule has 0 saturated heterocycles. The van der Waals surface area contributed by atoms with E-state index in [0.717, 1.165) is 0 Å². The zero-order valence-electron chi connectivity index (χ0n) is 13.6. The van der Waals surface area contributed by atoms with Crippen molar-refractivity contribution in [3.05, 3.63) is 47.5 Å². The van der Waals surface area contributed by atoms with Gasteiger partial charge in [-0.05, 0) is 29.4 Å². The summed E-state index contributed by atoms with van der Waals surface area (Å²) in [7, 11) is 1.39. The molecule has 0 heterocycles. The zero-order chi connectivity index (χ0) is 16.0. The fourth-order valence-corrected chi connectivity index (χ4v) is 2.72. The van der Waals surface area contributed by atoms with Gasteiger partial charge in [-0.25, -0.2) is 0 Å². The van der Waals surface area contributed by atoms with Crippen molar-refractivity contribution < 1.29 is 14.6 Å². The minimum Gasteiger partial charge on any atom is -0.469 e. The van der Waals surface area contributed by atoms with E-state index in [1.165, 1.54) is 12.7 Å². The zero-order valence-corrected chi connectivity index (χ0v) is 13.6. The van der Waals surface area contributed by atoms with E-state index in [2.05, 4.69) is 26.0 Å². The van der Waals surface area contributed by atoms with Gasteiger partial charge in [0.1, 0.15) is 0 Å². The molecule has 0 aliphatic carbocycles. The monoisotopic (exact) mass is 290 g/mol. The SMILES string of the molecule is CC=C(CO)C(C(=O)OC)C(C)C(C)(C)c1ccccc1. The van der Waals surface area contributed by atoms with Crippen molar-refractivity contribution in [1.29, 1.82) is 0 Å². The first-order valence-electron chi connectivity index (χ1n) is 7.29. The highest BCUT2D eigenvalue weighted by Gasteiger charge is 2.39. The van der Waals surface area contributed by atoms with Gasteiger partial charge in [0.05, 0.1) is 19.6 Å². The first-order valence-corrected chi connectivity index (χ1v) is 7.29. The second-order valence-electron chi connectivity index (χ2n) is 5.90. The summed E-state index contributed by atoms with van der Waals surface area (Å²) < 4.78 is 4.96. The summed E-state index contributed by atoms with van der Waals surface area (Å²) in [5.74, 6) is -0.750. The van der Waals surface area contributed by atoms with Gasteiger partial charge in [0.2, 0.25) is 0 Å². The normalized spacial score (nSPS) is 15.4. The Balaban J connectivity index is 3.22. The van der Waals surface area contributed by atoms with E-state index in [-0.39, 0.29) is 23.9 Å². The second-order valence-corrected chi connectivity index (χ2v) is 5.90. The minimum absolute atomic E-state index is 0.00861. The number of allylic oxidation sites excluding steroid dienone is 1. The van der Waals surface area contributed by atoms with Crippen molar-refractivity contribution in [3.63, 3.8) is 0 Å². The molecule has 0 amide bonds. The summed E-state index contributed by atoms with van der Waals surface area (Å²) >= 11 is 0. The number of rotatable bonds is 6. The van der Waals surface area contributed by atoms with E-state index >= 15 is 0 Å². The molecular formula is C18H26O3. The van der Waals surface area contributed by atoms with Crippen LogP contribution in [0.4, 0.5) is 0 Å². The lowest BCUT2D eigenvalue weighted by Gasteiger charge is -2.37. The molecule has 0 aliphatic heterocycles. The highest BCUT2D eigenvalue weighted by molar-refractivity contribution is 5.76. The maximum Gasteiger partial charge on any atom is 0.313 e.